The lowest BCUT2D eigenvalue weighted by atomic mass is 10.1. The van der Waals surface area contributed by atoms with Crippen molar-refractivity contribution in [3.63, 3.8) is 0 Å². The van der Waals surface area contributed by atoms with Crippen LogP contribution in [0.3, 0.4) is 0 Å². The predicted molar refractivity (Wildman–Crippen MR) is 111 cm³/mol. The minimum Gasteiger partial charge on any atom is -0.487 e. The van der Waals surface area contributed by atoms with E-state index in [4.69, 9.17) is 9.15 Å². The normalized spacial score (nSPS) is 11.8. The fourth-order valence-corrected chi connectivity index (χ4v) is 3.10. The number of aromatic nitrogens is 1. The standard InChI is InChI=1S/C23H27N3O3/c1-16-11-19(12-17(2)22(16)29-15-20-7-4-5-9-24-20)13-25-18(3)23(27)26-14-21-8-6-10-28-21/h4-12,18,25H,13-15H2,1-3H3,(H,26,27). The molecule has 1 aromatic carbocycles. The molecule has 6 heteroatoms. The highest BCUT2D eigenvalue weighted by atomic mass is 16.5. The van der Waals surface area contributed by atoms with E-state index in [0.717, 1.165) is 33.9 Å². The molecule has 0 aliphatic heterocycles. The number of nitrogens with zero attached hydrogens (tertiary/aromatic N) is 1. The fraction of sp³-hybridized carbons (Fsp3) is 0.304. The summed E-state index contributed by atoms with van der Waals surface area (Å²) in [6.07, 6.45) is 3.36. The molecule has 2 heterocycles. The zero-order valence-electron chi connectivity index (χ0n) is 17.1. The summed E-state index contributed by atoms with van der Waals surface area (Å²) >= 11 is 0. The summed E-state index contributed by atoms with van der Waals surface area (Å²) in [4.78, 5) is 16.5. The SMILES string of the molecule is Cc1cc(CNC(C)C(=O)NCc2ccco2)cc(C)c1OCc1ccccn1. The Morgan fingerprint density at radius 3 is 2.59 bits per heavy atom. The molecule has 0 radical (unpaired) electrons. The molecule has 0 bridgehead atoms. The molecule has 0 aliphatic carbocycles. The first-order valence-corrected chi connectivity index (χ1v) is 9.69. The Morgan fingerprint density at radius 1 is 1.14 bits per heavy atom. The van der Waals surface area contributed by atoms with Crippen molar-refractivity contribution in [1.82, 2.24) is 15.6 Å². The van der Waals surface area contributed by atoms with E-state index in [1.165, 1.54) is 0 Å². The van der Waals surface area contributed by atoms with Gasteiger partial charge in [-0.25, -0.2) is 0 Å². The number of ether oxygens (including phenoxy) is 1. The molecule has 0 fully saturated rings. The maximum atomic E-state index is 12.2. The van der Waals surface area contributed by atoms with Crippen LogP contribution in [0.1, 0.15) is 35.1 Å². The summed E-state index contributed by atoms with van der Waals surface area (Å²) in [6, 6.07) is 13.3. The first-order valence-electron chi connectivity index (χ1n) is 9.69. The monoisotopic (exact) mass is 393 g/mol. The Kier molecular flexibility index (Phi) is 7.03. The van der Waals surface area contributed by atoms with Crippen molar-refractivity contribution in [1.29, 1.82) is 0 Å². The van der Waals surface area contributed by atoms with E-state index in [-0.39, 0.29) is 11.9 Å². The van der Waals surface area contributed by atoms with Crippen LogP contribution in [0.2, 0.25) is 0 Å². The van der Waals surface area contributed by atoms with Crippen molar-refractivity contribution in [3.05, 3.63) is 83.1 Å². The van der Waals surface area contributed by atoms with Crippen LogP contribution in [0.15, 0.2) is 59.3 Å². The number of hydrogen-bond acceptors (Lipinski definition) is 5. The molecule has 0 aliphatic rings. The molecule has 152 valence electrons. The third kappa shape index (κ3) is 5.93. The molecule has 1 atom stereocenters. The van der Waals surface area contributed by atoms with Crippen molar-refractivity contribution in [2.75, 3.05) is 0 Å². The van der Waals surface area contributed by atoms with E-state index in [9.17, 15) is 4.79 Å². The second-order valence-corrected chi connectivity index (χ2v) is 7.07. The average Bonchev–Trinajstić information content (AvgIpc) is 3.24. The molecule has 1 unspecified atom stereocenters. The van der Waals surface area contributed by atoms with Gasteiger partial charge in [-0.15, -0.1) is 0 Å². The van der Waals surface area contributed by atoms with Crippen LogP contribution in [0.4, 0.5) is 0 Å². The van der Waals surface area contributed by atoms with E-state index in [1.54, 1.807) is 18.5 Å². The largest absolute Gasteiger partial charge is 0.487 e. The number of amides is 1. The number of benzene rings is 1. The Morgan fingerprint density at radius 2 is 1.93 bits per heavy atom. The van der Waals surface area contributed by atoms with E-state index < -0.39 is 0 Å². The maximum Gasteiger partial charge on any atom is 0.237 e. The van der Waals surface area contributed by atoms with Crippen molar-refractivity contribution in [2.45, 2.75) is 46.5 Å². The van der Waals surface area contributed by atoms with Crippen LogP contribution in [-0.4, -0.2) is 16.9 Å². The summed E-state index contributed by atoms with van der Waals surface area (Å²) in [5.74, 6) is 1.55. The van der Waals surface area contributed by atoms with Crippen LogP contribution in [0.5, 0.6) is 5.75 Å². The van der Waals surface area contributed by atoms with Gasteiger partial charge >= 0.3 is 0 Å². The maximum absolute atomic E-state index is 12.2. The van der Waals surface area contributed by atoms with E-state index in [2.05, 4.69) is 27.8 Å². The van der Waals surface area contributed by atoms with Crippen LogP contribution in [-0.2, 0) is 24.5 Å². The van der Waals surface area contributed by atoms with E-state index >= 15 is 0 Å². The fourth-order valence-electron chi connectivity index (χ4n) is 3.10. The third-order valence-electron chi connectivity index (χ3n) is 4.63. The predicted octanol–water partition coefficient (Wildman–Crippen LogP) is 3.66. The Labute approximate surface area is 171 Å². The lowest BCUT2D eigenvalue weighted by Crippen LogP contribution is -2.41. The highest BCUT2D eigenvalue weighted by molar-refractivity contribution is 5.81. The summed E-state index contributed by atoms with van der Waals surface area (Å²) in [6.45, 7) is 7.33. The second kappa shape index (κ2) is 9.89. The Hall–Kier alpha value is -3.12. The van der Waals surface area contributed by atoms with Gasteiger partial charge in [0.2, 0.25) is 5.91 Å². The number of carbonyl (C=O) groups is 1. The number of hydrogen-bond donors (Lipinski definition) is 2. The average molecular weight is 393 g/mol. The van der Waals surface area contributed by atoms with Crippen molar-refractivity contribution in [3.8, 4) is 5.75 Å². The Bertz CT molecular complexity index is 901. The molecular weight excluding hydrogens is 366 g/mol. The van der Waals surface area contributed by atoms with Crippen molar-refractivity contribution < 1.29 is 13.9 Å². The van der Waals surface area contributed by atoms with Gasteiger partial charge in [-0.05, 0) is 61.7 Å². The summed E-state index contributed by atoms with van der Waals surface area (Å²) in [5.41, 5.74) is 4.13. The number of furan rings is 1. The summed E-state index contributed by atoms with van der Waals surface area (Å²) in [5, 5.41) is 6.13. The highest BCUT2D eigenvalue weighted by Crippen LogP contribution is 2.25. The van der Waals surface area contributed by atoms with Gasteiger partial charge < -0.3 is 19.8 Å². The molecule has 2 N–H and O–H groups in total. The van der Waals surface area contributed by atoms with Gasteiger partial charge in [0.05, 0.1) is 24.5 Å². The lowest BCUT2D eigenvalue weighted by Gasteiger charge is -2.16. The second-order valence-electron chi connectivity index (χ2n) is 7.07. The summed E-state index contributed by atoms with van der Waals surface area (Å²) < 4.78 is 11.2. The van der Waals surface area contributed by atoms with Gasteiger partial charge in [0.25, 0.3) is 0 Å². The Balaban J connectivity index is 1.52. The number of aryl methyl sites for hydroxylation is 2. The molecule has 1 amide bonds. The molecular formula is C23H27N3O3. The number of carbonyl (C=O) groups excluding carboxylic acids is 1. The number of nitrogens with one attached hydrogen (secondary N) is 2. The zero-order chi connectivity index (χ0) is 20.6. The first-order chi connectivity index (χ1) is 14.0. The first kappa shape index (κ1) is 20.6. The third-order valence-corrected chi connectivity index (χ3v) is 4.63. The summed E-state index contributed by atoms with van der Waals surface area (Å²) in [7, 11) is 0. The molecule has 2 aromatic heterocycles. The smallest absolute Gasteiger partial charge is 0.237 e. The van der Waals surface area contributed by atoms with Gasteiger partial charge in [-0.1, -0.05) is 18.2 Å². The minimum atomic E-state index is -0.314. The number of pyridine rings is 1. The molecule has 0 saturated heterocycles. The highest BCUT2D eigenvalue weighted by Gasteiger charge is 2.13. The molecule has 3 rings (SSSR count). The van der Waals surface area contributed by atoms with Crippen LogP contribution < -0.4 is 15.4 Å². The van der Waals surface area contributed by atoms with E-state index in [1.807, 2.05) is 45.0 Å². The van der Waals surface area contributed by atoms with Crippen LogP contribution >= 0.6 is 0 Å². The molecule has 0 saturated carbocycles. The van der Waals surface area contributed by atoms with Gasteiger partial charge in [-0.2, -0.15) is 0 Å². The van der Waals surface area contributed by atoms with Gasteiger partial charge in [0, 0.05) is 12.7 Å². The van der Waals surface area contributed by atoms with E-state index in [0.29, 0.717) is 19.7 Å². The number of rotatable bonds is 9. The van der Waals surface area contributed by atoms with Crippen LogP contribution in [0.25, 0.3) is 0 Å². The molecule has 3 aromatic rings. The van der Waals surface area contributed by atoms with Gasteiger partial charge in [0.15, 0.2) is 0 Å². The van der Waals surface area contributed by atoms with Gasteiger partial charge in [-0.3, -0.25) is 9.78 Å². The van der Waals surface area contributed by atoms with Gasteiger partial charge in [0.1, 0.15) is 18.1 Å². The topological polar surface area (TPSA) is 76.4 Å². The molecule has 0 spiro atoms. The quantitative estimate of drug-likeness (QED) is 0.580. The lowest BCUT2D eigenvalue weighted by molar-refractivity contribution is -0.123. The zero-order valence-corrected chi connectivity index (χ0v) is 17.1. The minimum absolute atomic E-state index is 0.0647. The van der Waals surface area contributed by atoms with Crippen molar-refractivity contribution >= 4 is 5.91 Å². The molecule has 29 heavy (non-hydrogen) atoms. The van der Waals surface area contributed by atoms with Crippen molar-refractivity contribution in [2.24, 2.45) is 0 Å². The van der Waals surface area contributed by atoms with Crippen LogP contribution in [0, 0.1) is 13.8 Å². The molecule has 6 nitrogen and oxygen atoms in total.